The van der Waals surface area contributed by atoms with E-state index in [1.807, 2.05) is 0 Å². The van der Waals surface area contributed by atoms with E-state index in [9.17, 15) is 19.2 Å². The smallest absolute Gasteiger partial charge is 0.303 e. The van der Waals surface area contributed by atoms with Gasteiger partial charge in [0, 0.05) is 23.4 Å². The number of aliphatic carboxylic acids is 1. The summed E-state index contributed by atoms with van der Waals surface area (Å²) in [5.41, 5.74) is 1.44. The second-order valence-corrected chi connectivity index (χ2v) is 5.53. The van der Waals surface area contributed by atoms with E-state index in [2.05, 4.69) is 10.6 Å². The highest BCUT2D eigenvalue weighted by Crippen LogP contribution is 2.15. The van der Waals surface area contributed by atoms with Crippen LogP contribution in [0.4, 0.5) is 11.4 Å². The summed E-state index contributed by atoms with van der Waals surface area (Å²) in [7, 11) is 0. The molecule has 2 amide bonds. The lowest BCUT2D eigenvalue weighted by Gasteiger charge is -2.07. The van der Waals surface area contributed by atoms with Crippen LogP contribution in [0, 0.1) is 0 Å². The van der Waals surface area contributed by atoms with E-state index in [1.165, 1.54) is 0 Å². The Morgan fingerprint density at radius 2 is 1.27 bits per heavy atom. The van der Waals surface area contributed by atoms with Gasteiger partial charge in [0.25, 0.3) is 0 Å². The number of carbonyl (C=O) groups excluding carboxylic acids is 3. The summed E-state index contributed by atoms with van der Waals surface area (Å²) in [6.07, 6.45) is -0.622. The molecule has 7 heteroatoms. The maximum atomic E-state index is 12.0. The van der Waals surface area contributed by atoms with Gasteiger partial charge in [0.1, 0.15) is 0 Å². The molecule has 0 aromatic heterocycles. The van der Waals surface area contributed by atoms with Gasteiger partial charge in [0.2, 0.25) is 11.8 Å². The first-order chi connectivity index (χ1) is 12.4. The van der Waals surface area contributed by atoms with Crippen LogP contribution in [-0.2, 0) is 14.4 Å². The number of carboxylic acid groups (broad SMARTS) is 1. The quantitative estimate of drug-likeness (QED) is 0.498. The van der Waals surface area contributed by atoms with E-state index in [0.29, 0.717) is 16.9 Å². The number of hydrogen-bond acceptors (Lipinski definition) is 4. The molecule has 0 spiro atoms. The Kier molecular flexibility index (Phi) is 6.61. The number of anilines is 2. The number of benzene rings is 2. The number of nitrogens with one attached hydrogen (secondary N) is 2. The van der Waals surface area contributed by atoms with Crippen molar-refractivity contribution in [2.45, 2.75) is 19.3 Å². The number of ketones is 1. The molecule has 0 bridgehead atoms. The molecule has 2 rings (SSSR count). The number of amides is 2. The molecular weight excluding hydrogens is 336 g/mol. The summed E-state index contributed by atoms with van der Waals surface area (Å²) in [5, 5.41) is 13.7. The van der Waals surface area contributed by atoms with Crippen molar-refractivity contribution >= 4 is 34.9 Å². The van der Waals surface area contributed by atoms with Crippen LogP contribution in [0.1, 0.15) is 29.6 Å². The predicted molar refractivity (Wildman–Crippen MR) is 96.0 cm³/mol. The molecule has 0 fully saturated rings. The van der Waals surface area contributed by atoms with Crippen molar-refractivity contribution in [1.82, 2.24) is 0 Å². The van der Waals surface area contributed by atoms with Crippen molar-refractivity contribution in [3.8, 4) is 0 Å². The number of Topliss-reactive ketones (excluding diaryl/α,β-unsaturated/α-hetero) is 1. The zero-order chi connectivity index (χ0) is 18.9. The van der Waals surface area contributed by atoms with Gasteiger partial charge in [-0.3, -0.25) is 19.2 Å². The monoisotopic (exact) mass is 354 g/mol. The molecule has 0 saturated heterocycles. The summed E-state index contributed by atoms with van der Waals surface area (Å²) >= 11 is 0. The highest BCUT2D eigenvalue weighted by molar-refractivity contribution is 6.11. The molecule has 0 atom stereocenters. The van der Waals surface area contributed by atoms with Gasteiger partial charge in [-0.15, -0.1) is 0 Å². The van der Waals surface area contributed by atoms with Crippen molar-refractivity contribution in [1.29, 1.82) is 0 Å². The highest BCUT2D eigenvalue weighted by Gasteiger charge is 2.12. The van der Waals surface area contributed by atoms with E-state index < -0.39 is 17.8 Å². The Hall–Kier alpha value is -3.48. The fourth-order valence-corrected chi connectivity index (χ4v) is 2.16. The molecule has 0 unspecified atom stereocenters. The first kappa shape index (κ1) is 18.9. The molecule has 0 aliphatic heterocycles. The first-order valence-corrected chi connectivity index (χ1v) is 7.94. The van der Waals surface area contributed by atoms with Gasteiger partial charge >= 0.3 is 5.97 Å². The van der Waals surface area contributed by atoms with Gasteiger partial charge in [-0.1, -0.05) is 30.3 Å². The van der Waals surface area contributed by atoms with Gasteiger partial charge in [0.15, 0.2) is 5.78 Å². The van der Waals surface area contributed by atoms with Crippen LogP contribution < -0.4 is 10.6 Å². The van der Waals surface area contributed by atoms with Gasteiger partial charge < -0.3 is 15.7 Å². The molecular formula is C19H18N2O5. The lowest BCUT2D eigenvalue weighted by Crippen LogP contribution is -2.16. The Morgan fingerprint density at radius 1 is 0.731 bits per heavy atom. The topological polar surface area (TPSA) is 113 Å². The fraction of sp³-hybridized carbons (Fsp3) is 0.158. The van der Waals surface area contributed by atoms with Crippen molar-refractivity contribution in [3.63, 3.8) is 0 Å². The van der Waals surface area contributed by atoms with Gasteiger partial charge in [-0.25, -0.2) is 0 Å². The van der Waals surface area contributed by atoms with Crippen LogP contribution in [0.5, 0.6) is 0 Å². The molecule has 2 aromatic carbocycles. The van der Waals surface area contributed by atoms with Crippen LogP contribution in [0.3, 0.4) is 0 Å². The maximum Gasteiger partial charge on any atom is 0.303 e. The molecule has 7 nitrogen and oxygen atoms in total. The maximum absolute atomic E-state index is 12.0. The SMILES string of the molecule is O=C(O)CCC(=O)Nc1ccc(NC(=O)CC(=O)c2ccccc2)cc1. The Morgan fingerprint density at radius 3 is 1.81 bits per heavy atom. The normalized spacial score (nSPS) is 10.0. The lowest BCUT2D eigenvalue weighted by molar-refractivity contribution is -0.138. The fourth-order valence-electron chi connectivity index (χ4n) is 2.16. The number of carboxylic acids is 1. The predicted octanol–water partition coefficient (Wildman–Crippen LogP) is 2.70. The zero-order valence-electron chi connectivity index (χ0n) is 13.9. The van der Waals surface area contributed by atoms with Crippen LogP contribution in [0.25, 0.3) is 0 Å². The molecule has 3 N–H and O–H groups in total. The third-order valence-corrected chi connectivity index (χ3v) is 3.44. The average molecular weight is 354 g/mol. The second kappa shape index (κ2) is 9.12. The Labute approximate surface area is 150 Å². The minimum absolute atomic E-state index is 0.116. The van der Waals surface area contributed by atoms with Crippen molar-refractivity contribution in [2.24, 2.45) is 0 Å². The average Bonchev–Trinajstić information content (AvgIpc) is 2.62. The third kappa shape index (κ3) is 6.20. The number of carbonyl (C=O) groups is 4. The largest absolute Gasteiger partial charge is 0.481 e. The number of rotatable bonds is 8. The van der Waals surface area contributed by atoms with Gasteiger partial charge in [0.05, 0.1) is 12.8 Å². The minimum Gasteiger partial charge on any atom is -0.481 e. The van der Waals surface area contributed by atoms with Crippen LogP contribution in [0.15, 0.2) is 54.6 Å². The molecule has 0 aliphatic rings. The highest BCUT2D eigenvalue weighted by atomic mass is 16.4. The second-order valence-electron chi connectivity index (χ2n) is 5.53. The molecule has 134 valence electrons. The molecule has 0 radical (unpaired) electrons. The van der Waals surface area contributed by atoms with Crippen molar-refractivity contribution < 1.29 is 24.3 Å². The summed E-state index contributed by atoms with van der Waals surface area (Å²) < 4.78 is 0. The number of hydrogen-bond donors (Lipinski definition) is 3. The molecule has 0 saturated carbocycles. The summed E-state index contributed by atoms with van der Waals surface area (Å²) in [4.78, 5) is 45.9. The standard InChI is InChI=1S/C19H18N2O5/c22-16(13-4-2-1-3-5-13)12-18(24)21-15-8-6-14(7-9-15)20-17(23)10-11-19(25)26/h1-9H,10-12H2,(H,20,23)(H,21,24)(H,25,26). The van der Waals surface area contributed by atoms with Crippen LogP contribution >= 0.6 is 0 Å². The lowest BCUT2D eigenvalue weighted by atomic mass is 10.1. The van der Waals surface area contributed by atoms with E-state index in [1.54, 1.807) is 54.6 Å². The van der Waals surface area contributed by atoms with E-state index in [-0.39, 0.29) is 25.0 Å². The van der Waals surface area contributed by atoms with Crippen molar-refractivity contribution in [3.05, 3.63) is 60.2 Å². The first-order valence-electron chi connectivity index (χ1n) is 7.94. The van der Waals surface area contributed by atoms with E-state index in [0.717, 1.165) is 0 Å². The Bertz CT molecular complexity index is 800. The van der Waals surface area contributed by atoms with Crippen LogP contribution in [-0.4, -0.2) is 28.7 Å². The molecule has 26 heavy (non-hydrogen) atoms. The molecule has 0 heterocycles. The summed E-state index contributed by atoms with van der Waals surface area (Å²) in [6, 6.07) is 14.9. The van der Waals surface area contributed by atoms with Crippen LogP contribution in [0.2, 0.25) is 0 Å². The summed E-state index contributed by atoms with van der Waals surface area (Å²) in [5.74, 6) is -2.15. The molecule has 0 aliphatic carbocycles. The molecule has 2 aromatic rings. The summed E-state index contributed by atoms with van der Waals surface area (Å²) in [6.45, 7) is 0. The van der Waals surface area contributed by atoms with Gasteiger partial charge in [-0.05, 0) is 24.3 Å². The third-order valence-electron chi connectivity index (χ3n) is 3.44. The minimum atomic E-state index is -1.04. The van der Waals surface area contributed by atoms with E-state index in [4.69, 9.17) is 5.11 Å². The zero-order valence-corrected chi connectivity index (χ0v) is 13.9. The van der Waals surface area contributed by atoms with Gasteiger partial charge in [-0.2, -0.15) is 0 Å². The van der Waals surface area contributed by atoms with Crippen molar-refractivity contribution in [2.75, 3.05) is 10.6 Å². The van der Waals surface area contributed by atoms with E-state index >= 15 is 0 Å². The Balaban J connectivity index is 1.84.